The summed E-state index contributed by atoms with van der Waals surface area (Å²) in [6.07, 6.45) is 1.06. The van der Waals surface area contributed by atoms with Crippen molar-refractivity contribution in [2.24, 2.45) is 5.73 Å². The van der Waals surface area contributed by atoms with Crippen molar-refractivity contribution in [3.8, 4) is 11.3 Å². The second-order valence-corrected chi connectivity index (χ2v) is 5.50. The standard InChI is InChI=1S/C16H19N3O3/c17-16(6-8-21-9-7-16)15(20)18-11-13-10-14(19-22-13)12-4-2-1-3-5-12/h1-5,10H,6-9,11,17H2,(H,18,20). The summed E-state index contributed by atoms with van der Waals surface area (Å²) in [6, 6.07) is 11.6. The molecule has 1 aromatic carbocycles. The van der Waals surface area contributed by atoms with Gasteiger partial charge in [0.1, 0.15) is 5.69 Å². The number of hydrogen-bond acceptors (Lipinski definition) is 5. The molecule has 0 saturated carbocycles. The van der Waals surface area contributed by atoms with Crippen molar-refractivity contribution in [1.29, 1.82) is 0 Å². The Balaban J connectivity index is 1.60. The van der Waals surface area contributed by atoms with Crippen molar-refractivity contribution in [3.63, 3.8) is 0 Å². The third-order valence-corrected chi connectivity index (χ3v) is 3.89. The zero-order chi connectivity index (χ0) is 15.4. The van der Waals surface area contributed by atoms with E-state index < -0.39 is 5.54 Å². The number of nitrogens with two attached hydrogens (primary N) is 1. The smallest absolute Gasteiger partial charge is 0.240 e. The zero-order valence-corrected chi connectivity index (χ0v) is 12.2. The van der Waals surface area contributed by atoms with Crippen LogP contribution < -0.4 is 11.1 Å². The summed E-state index contributed by atoms with van der Waals surface area (Å²) in [5, 5.41) is 6.84. The number of carbonyl (C=O) groups is 1. The van der Waals surface area contributed by atoms with Crippen LogP contribution in [0.3, 0.4) is 0 Å². The fourth-order valence-electron chi connectivity index (χ4n) is 2.45. The summed E-state index contributed by atoms with van der Waals surface area (Å²) in [6.45, 7) is 1.31. The first kappa shape index (κ1) is 14.7. The topological polar surface area (TPSA) is 90.4 Å². The number of amides is 1. The Morgan fingerprint density at radius 3 is 2.73 bits per heavy atom. The van der Waals surface area contributed by atoms with Gasteiger partial charge in [0.25, 0.3) is 0 Å². The second-order valence-electron chi connectivity index (χ2n) is 5.50. The first-order chi connectivity index (χ1) is 10.7. The summed E-state index contributed by atoms with van der Waals surface area (Å²) >= 11 is 0. The van der Waals surface area contributed by atoms with E-state index in [1.807, 2.05) is 36.4 Å². The number of aromatic nitrogens is 1. The highest BCUT2D eigenvalue weighted by Crippen LogP contribution is 2.20. The first-order valence-corrected chi connectivity index (χ1v) is 7.33. The molecule has 0 aliphatic carbocycles. The Morgan fingerprint density at radius 2 is 2.00 bits per heavy atom. The molecule has 6 heteroatoms. The Morgan fingerprint density at radius 1 is 1.27 bits per heavy atom. The minimum atomic E-state index is -0.847. The summed E-state index contributed by atoms with van der Waals surface area (Å²) in [7, 11) is 0. The third-order valence-electron chi connectivity index (χ3n) is 3.89. The van der Waals surface area contributed by atoms with Gasteiger partial charge < -0.3 is 20.3 Å². The van der Waals surface area contributed by atoms with E-state index in [2.05, 4.69) is 10.5 Å². The van der Waals surface area contributed by atoms with Crippen LogP contribution in [0.2, 0.25) is 0 Å². The summed E-state index contributed by atoms with van der Waals surface area (Å²) < 4.78 is 10.5. The van der Waals surface area contributed by atoms with Crippen LogP contribution in [-0.2, 0) is 16.1 Å². The van der Waals surface area contributed by atoms with Crippen molar-refractivity contribution in [2.45, 2.75) is 24.9 Å². The fraction of sp³-hybridized carbons (Fsp3) is 0.375. The maximum absolute atomic E-state index is 12.2. The SMILES string of the molecule is NC1(C(=O)NCc2cc(-c3ccccc3)no2)CCOCC1. The van der Waals surface area contributed by atoms with Crippen LogP contribution in [-0.4, -0.2) is 29.8 Å². The van der Waals surface area contributed by atoms with Crippen LogP contribution in [0.1, 0.15) is 18.6 Å². The summed E-state index contributed by atoms with van der Waals surface area (Å²) in [4.78, 5) is 12.2. The molecule has 0 bridgehead atoms. The normalized spacial score (nSPS) is 17.1. The number of nitrogens with one attached hydrogen (secondary N) is 1. The van der Waals surface area contributed by atoms with Crippen LogP contribution >= 0.6 is 0 Å². The molecule has 0 atom stereocenters. The molecular weight excluding hydrogens is 282 g/mol. The van der Waals surface area contributed by atoms with Gasteiger partial charge >= 0.3 is 0 Å². The number of carbonyl (C=O) groups excluding carboxylic acids is 1. The molecule has 22 heavy (non-hydrogen) atoms. The third kappa shape index (κ3) is 3.18. The van der Waals surface area contributed by atoms with Gasteiger partial charge in [0.05, 0.1) is 12.1 Å². The Kier molecular flexibility index (Phi) is 4.22. The highest BCUT2D eigenvalue weighted by Gasteiger charge is 2.35. The van der Waals surface area contributed by atoms with Crippen molar-refractivity contribution < 1.29 is 14.1 Å². The molecule has 2 heterocycles. The van der Waals surface area contributed by atoms with Crippen LogP contribution in [0.5, 0.6) is 0 Å². The van der Waals surface area contributed by atoms with E-state index in [-0.39, 0.29) is 12.5 Å². The molecule has 2 aromatic rings. The first-order valence-electron chi connectivity index (χ1n) is 7.33. The summed E-state index contributed by atoms with van der Waals surface area (Å²) in [5.74, 6) is 0.427. The molecule has 3 rings (SSSR count). The van der Waals surface area contributed by atoms with Crippen LogP contribution in [0.15, 0.2) is 40.9 Å². The number of ether oxygens (including phenoxy) is 1. The molecule has 1 saturated heterocycles. The average Bonchev–Trinajstić information content (AvgIpc) is 3.03. The van der Waals surface area contributed by atoms with Crippen LogP contribution in [0.4, 0.5) is 0 Å². The van der Waals surface area contributed by atoms with Gasteiger partial charge in [-0.15, -0.1) is 0 Å². The van der Waals surface area contributed by atoms with Crippen molar-refractivity contribution >= 4 is 5.91 Å². The predicted molar refractivity (Wildman–Crippen MR) is 80.8 cm³/mol. The lowest BCUT2D eigenvalue weighted by atomic mass is 9.90. The lowest BCUT2D eigenvalue weighted by molar-refractivity contribution is -0.130. The van der Waals surface area contributed by atoms with Crippen molar-refractivity contribution in [1.82, 2.24) is 10.5 Å². The molecular formula is C16H19N3O3. The van der Waals surface area contributed by atoms with Gasteiger partial charge in [-0.05, 0) is 12.8 Å². The summed E-state index contributed by atoms with van der Waals surface area (Å²) in [5.41, 5.74) is 7.00. The van der Waals surface area contributed by atoms with Crippen LogP contribution in [0.25, 0.3) is 11.3 Å². The highest BCUT2D eigenvalue weighted by atomic mass is 16.5. The maximum Gasteiger partial charge on any atom is 0.240 e. The Bertz CT molecular complexity index is 633. The molecule has 116 valence electrons. The number of benzene rings is 1. The molecule has 1 amide bonds. The molecule has 0 radical (unpaired) electrons. The van der Waals surface area contributed by atoms with Gasteiger partial charge in [-0.25, -0.2) is 0 Å². The van der Waals surface area contributed by atoms with Gasteiger partial charge in [0, 0.05) is 24.8 Å². The van der Waals surface area contributed by atoms with Crippen LogP contribution in [0, 0.1) is 0 Å². The minimum absolute atomic E-state index is 0.173. The van der Waals surface area contributed by atoms with E-state index in [1.165, 1.54) is 0 Å². The highest BCUT2D eigenvalue weighted by molar-refractivity contribution is 5.86. The van der Waals surface area contributed by atoms with Gasteiger partial charge in [-0.3, -0.25) is 4.79 Å². The monoisotopic (exact) mass is 301 g/mol. The van der Waals surface area contributed by atoms with E-state index in [4.69, 9.17) is 15.0 Å². The number of rotatable bonds is 4. The lowest BCUT2D eigenvalue weighted by Crippen LogP contribution is -2.56. The van der Waals surface area contributed by atoms with E-state index in [1.54, 1.807) is 0 Å². The molecule has 3 N–H and O–H groups in total. The van der Waals surface area contributed by atoms with E-state index in [0.717, 1.165) is 11.3 Å². The zero-order valence-electron chi connectivity index (χ0n) is 12.2. The molecule has 6 nitrogen and oxygen atoms in total. The van der Waals surface area contributed by atoms with Gasteiger partial charge in [0.2, 0.25) is 5.91 Å². The quantitative estimate of drug-likeness (QED) is 0.892. The predicted octanol–water partition coefficient (Wildman–Crippen LogP) is 1.47. The van der Waals surface area contributed by atoms with E-state index in [9.17, 15) is 4.79 Å². The Labute approximate surface area is 128 Å². The fourth-order valence-corrected chi connectivity index (χ4v) is 2.45. The van der Waals surface area contributed by atoms with Gasteiger partial charge in [-0.2, -0.15) is 0 Å². The minimum Gasteiger partial charge on any atom is -0.381 e. The Hall–Kier alpha value is -2.18. The molecule has 1 aliphatic rings. The number of hydrogen-bond donors (Lipinski definition) is 2. The van der Waals surface area contributed by atoms with Gasteiger partial charge in [0.15, 0.2) is 5.76 Å². The van der Waals surface area contributed by atoms with Crippen molar-refractivity contribution in [3.05, 3.63) is 42.2 Å². The molecule has 0 unspecified atom stereocenters. The lowest BCUT2D eigenvalue weighted by Gasteiger charge is -2.31. The second kappa shape index (κ2) is 6.29. The molecule has 0 spiro atoms. The average molecular weight is 301 g/mol. The van der Waals surface area contributed by atoms with Crippen molar-refractivity contribution in [2.75, 3.05) is 13.2 Å². The molecule has 1 aromatic heterocycles. The van der Waals surface area contributed by atoms with E-state index in [0.29, 0.717) is 31.8 Å². The molecule has 1 aliphatic heterocycles. The molecule has 1 fully saturated rings. The maximum atomic E-state index is 12.2. The largest absolute Gasteiger partial charge is 0.381 e. The number of nitrogens with zero attached hydrogens (tertiary/aromatic N) is 1. The van der Waals surface area contributed by atoms with Gasteiger partial charge in [-0.1, -0.05) is 35.5 Å². The van der Waals surface area contributed by atoms with E-state index >= 15 is 0 Å².